The third-order valence-corrected chi connectivity index (χ3v) is 5.79. The first-order chi connectivity index (χ1) is 12.8. The Morgan fingerprint density at radius 1 is 0.929 bits per heavy atom. The number of ether oxygens (including phenoxy) is 1. The molecule has 1 saturated heterocycles. The molecule has 1 aliphatic heterocycles. The van der Waals surface area contributed by atoms with Crippen LogP contribution in [0.15, 0.2) is 48.5 Å². The first-order valence-electron chi connectivity index (χ1n) is 9.37. The molecular weight excluding hydrogens is 397 g/mol. The van der Waals surface area contributed by atoms with Gasteiger partial charge in [0.15, 0.2) is 0 Å². The Morgan fingerprint density at radius 3 is 2.39 bits per heavy atom. The number of benzene rings is 2. The number of rotatable bonds is 3. The number of H-pyrrole nitrogens is 1. The molecule has 7 heteroatoms. The van der Waals surface area contributed by atoms with Crippen LogP contribution in [0.4, 0.5) is 0 Å². The molecule has 3 aromatic rings. The first kappa shape index (κ1) is 20.9. The molecule has 2 aromatic carbocycles. The van der Waals surface area contributed by atoms with Crippen LogP contribution in [0.1, 0.15) is 12.8 Å². The van der Waals surface area contributed by atoms with Crippen LogP contribution in [-0.2, 0) is 0 Å². The third-order valence-electron chi connectivity index (χ3n) is 5.79. The highest BCUT2D eigenvalue weighted by atomic mass is 35.5. The van der Waals surface area contributed by atoms with Gasteiger partial charge in [-0.3, -0.25) is 0 Å². The van der Waals surface area contributed by atoms with Crippen LogP contribution in [0.5, 0.6) is 5.75 Å². The zero-order valence-corrected chi connectivity index (χ0v) is 17.0. The lowest BCUT2D eigenvalue weighted by Gasteiger charge is -2.35. The van der Waals surface area contributed by atoms with Crippen LogP contribution in [-0.4, -0.2) is 40.4 Å². The summed E-state index contributed by atoms with van der Waals surface area (Å²) in [5.41, 5.74) is 3.03. The fourth-order valence-electron chi connectivity index (χ4n) is 4.34. The minimum absolute atomic E-state index is 0. The molecular formula is C21H25Cl2N3O2. The predicted octanol–water partition coefficient (Wildman–Crippen LogP) is 3.81. The normalized spacial score (nSPS) is 26.2. The molecule has 0 bridgehead atoms. The van der Waals surface area contributed by atoms with E-state index in [1.807, 2.05) is 48.5 Å². The average Bonchev–Trinajstić information content (AvgIpc) is 3.29. The maximum atomic E-state index is 10.4. The van der Waals surface area contributed by atoms with Gasteiger partial charge in [0.05, 0.1) is 17.1 Å². The van der Waals surface area contributed by atoms with E-state index in [1.165, 1.54) is 0 Å². The van der Waals surface area contributed by atoms with Crippen molar-refractivity contribution in [3.8, 4) is 17.1 Å². The van der Waals surface area contributed by atoms with Gasteiger partial charge in [-0.05, 0) is 74.2 Å². The Bertz CT molecular complexity index is 882. The van der Waals surface area contributed by atoms with Gasteiger partial charge < -0.3 is 20.1 Å². The van der Waals surface area contributed by atoms with E-state index in [0.29, 0.717) is 11.8 Å². The maximum absolute atomic E-state index is 10.4. The number of aliphatic hydroxyl groups excluding tert-OH is 1. The zero-order chi connectivity index (χ0) is 17.5. The van der Waals surface area contributed by atoms with Gasteiger partial charge >= 0.3 is 0 Å². The maximum Gasteiger partial charge on any atom is 0.138 e. The Morgan fingerprint density at radius 2 is 1.64 bits per heavy atom. The fourth-order valence-corrected chi connectivity index (χ4v) is 4.34. The van der Waals surface area contributed by atoms with E-state index in [4.69, 9.17) is 4.74 Å². The van der Waals surface area contributed by atoms with Gasteiger partial charge in [0.2, 0.25) is 0 Å². The number of para-hydroxylation sites is 2. The number of aromatic amines is 1. The van der Waals surface area contributed by atoms with Crippen LogP contribution in [0.2, 0.25) is 0 Å². The van der Waals surface area contributed by atoms with Crippen molar-refractivity contribution in [3.05, 3.63) is 48.5 Å². The van der Waals surface area contributed by atoms with Gasteiger partial charge in [-0.2, -0.15) is 0 Å². The number of imidazole rings is 1. The van der Waals surface area contributed by atoms with Crippen molar-refractivity contribution < 1.29 is 9.84 Å². The summed E-state index contributed by atoms with van der Waals surface area (Å²) in [6, 6.07) is 16.0. The van der Waals surface area contributed by atoms with Crippen LogP contribution in [0.3, 0.4) is 0 Å². The predicted molar refractivity (Wildman–Crippen MR) is 116 cm³/mol. The molecule has 2 heterocycles. The molecule has 0 spiro atoms. The number of aliphatic hydroxyl groups is 1. The zero-order valence-electron chi connectivity index (χ0n) is 15.4. The summed E-state index contributed by atoms with van der Waals surface area (Å²) in [4.78, 5) is 7.98. The minimum Gasteiger partial charge on any atom is -0.488 e. The second kappa shape index (κ2) is 8.70. The van der Waals surface area contributed by atoms with Gasteiger partial charge in [-0.25, -0.2) is 4.98 Å². The Kier molecular flexibility index (Phi) is 6.50. The van der Waals surface area contributed by atoms with E-state index in [9.17, 15) is 5.11 Å². The summed E-state index contributed by atoms with van der Waals surface area (Å²) in [5, 5.41) is 13.9. The smallest absolute Gasteiger partial charge is 0.138 e. The highest BCUT2D eigenvalue weighted by Gasteiger charge is 2.39. The van der Waals surface area contributed by atoms with Crippen LogP contribution < -0.4 is 10.1 Å². The van der Waals surface area contributed by atoms with Crippen LogP contribution in [0.25, 0.3) is 22.4 Å². The van der Waals surface area contributed by atoms with Gasteiger partial charge in [-0.1, -0.05) is 12.1 Å². The lowest BCUT2D eigenvalue weighted by Crippen LogP contribution is -2.42. The summed E-state index contributed by atoms with van der Waals surface area (Å²) >= 11 is 0. The summed E-state index contributed by atoms with van der Waals surface area (Å²) in [7, 11) is 0. The fraction of sp³-hybridized carbons (Fsp3) is 0.381. The van der Waals surface area contributed by atoms with Crippen LogP contribution >= 0.6 is 24.8 Å². The Balaban J connectivity index is 0.00000112. The van der Waals surface area contributed by atoms with E-state index in [2.05, 4.69) is 15.3 Å². The number of fused-ring (bicyclic) bond motifs is 2. The minimum atomic E-state index is -0.383. The van der Waals surface area contributed by atoms with Crippen molar-refractivity contribution in [2.45, 2.75) is 25.0 Å². The van der Waals surface area contributed by atoms with E-state index < -0.39 is 0 Å². The highest BCUT2D eigenvalue weighted by Crippen LogP contribution is 2.35. The monoisotopic (exact) mass is 421 g/mol. The molecule has 0 radical (unpaired) electrons. The third kappa shape index (κ3) is 3.98. The van der Waals surface area contributed by atoms with Crippen molar-refractivity contribution in [2.24, 2.45) is 11.8 Å². The largest absolute Gasteiger partial charge is 0.488 e. The average molecular weight is 422 g/mol. The van der Waals surface area contributed by atoms with Gasteiger partial charge in [0.1, 0.15) is 17.7 Å². The lowest BCUT2D eigenvalue weighted by atomic mass is 9.78. The summed E-state index contributed by atoms with van der Waals surface area (Å²) in [5.74, 6) is 2.88. The molecule has 2 aliphatic rings. The van der Waals surface area contributed by atoms with Gasteiger partial charge in [-0.15, -0.1) is 24.8 Å². The summed E-state index contributed by atoms with van der Waals surface area (Å²) in [6.07, 6.45) is 1.25. The van der Waals surface area contributed by atoms with Crippen molar-refractivity contribution >= 4 is 35.8 Å². The van der Waals surface area contributed by atoms with E-state index in [-0.39, 0.29) is 37.0 Å². The van der Waals surface area contributed by atoms with Crippen LogP contribution in [0, 0.1) is 11.8 Å². The molecule has 5 rings (SSSR count). The molecule has 0 unspecified atom stereocenters. The van der Waals surface area contributed by atoms with Crippen molar-refractivity contribution in [1.82, 2.24) is 15.3 Å². The number of halogens is 2. The second-order valence-electron chi connectivity index (χ2n) is 7.50. The van der Waals surface area contributed by atoms with Crippen molar-refractivity contribution in [2.75, 3.05) is 13.1 Å². The number of nitrogens with zero attached hydrogens (tertiary/aromatic N) is 1. The molecule has 1 aromatic heterocycles. The number of nitrogens with one attached hydrogen (secondary N) is 2. The SMILES string of the molecule is Cl.Cl.O[C@@H]1C[C@H]2CNC[C@H]2C[C@H]1Oc1ccc(-c2nc3ccccc3[nH]2)cc1. The van der Waals surface area contributed by atoms with Crippen molar-refractivity contribution in [3.63, 3.8) is 0 Å². The highest BCUT2D eigenvalue weighted by molar-refractivity contribution is 5.85. The first-order valence-corrected chi connectivity index (χ1v) is 9.37. The molecule has 0 amide bonds. The summed E-state index contributed by atoms with van der Waals surface area (Å²) in [6.45, 7) is 2.07. The van der Waals surface area contributed by atoms with Gasteiger partial charge in [0, 0.05) is 5.56 Å². The summed E-state index contributed by atoms with van der Waals surface area (Å²) < 4.78 is 6.12. The molecule has 2 fully saturated rings. The molecule has 1 saturated carbocycles. The van der Waals surface area contributed by atoms with E-state index in [1.54, 1.807) is 0 Å². The molecule has 28 heavy (non-hydrogen) atoms. The number of aromatic nitrogens is 2. The van der Waals surface area contributed by atoms with E-state index in [0.717, 1.165) is 54.1 Å². The standard InChI is InChI=1S/C21H23N3O2.2ClH/c25-19-9-14-11-22-12-15(14)10-20(19)26-16-7-5-13(6-8-16)21-23-17-3-1-2-4-18(17)24-21;;/h1-8,14-15,19-20,22,25H,9-12H2,(H,23,24);2*1H/t14-,15+,19+,20+;;/m0../s1. The number of hydrogen-bond acceptors (Lipinski definition) is 4. The number of hydrogen-bond donors (Lipinski definition) is 3. The van der Waals surface area contributed by atoms with Crippen molar-refractivity contribution in [1.29, 1.82) is 0 Å². The van der Waals surface area contributed by atoms with Gasteiger partial charge in [0.25, 0.3) is 0 Å². The topological polar surface area (TPSA) is 70.2 Å². The quantitative estimate of drug-likeness (QED) is 0.601. The molecule has 1 aliphatic carbocycles. The Labute approximate surface area is 176 Å². The second-order valence-corrected chi connectivity index (χ2v) is 7.50. The lowest BCUT2D eigenvalue weighted by molar-refractivity contribution is -0.0231. The Hall–Kier alpha value is -1.79. The van der Waals surface area contributed by atoms with E-state index >= 15 is 0 Å². The molecule has 5 nitrogen and oxygen atoms in total. The molecule has 150 valence electrons. The molecule has 3 N–H and O–H groups in total. The molecule has 4 atom stereocenters.